The number of rotatable bonds is 4. The monoisotopic (exact) mass is 388 g/mol. The minimum atomic E-state index is -0.179. The minimum Gasteiger partial charge on any atom is -0.361 e. The zero-order valence-corrected chi connectivity index (χ0v) is 15.7. The third kappa shape index (κ3) is 3.22. The lowest BCUT2D eigenvalue weighted by molar-refractivity contribution is 0.0720. The quantitative estimate of drug-likeness (QED) is 0.581. The van der Waals surface area contributed by atoms with E-state index in [2.05, 4.69) is 15.1 Å². The van der Waals surface area contributed by atoms with Crippen molar-refractivity contribution in [3.05, 3.63) is 77.2 Å². The Hall–Kier alpha value is -3.68. The number of hydrogen-bond donors (Lipinski definition) is 1. The van der Waals surface area contributed by atoms with Gasteiger partial charge in [0.25, 0.3) is 11.5 Å². The van der Waals surface area contributed by atoms with Crippen LogP contribution >= 0.6 is 0 Å². The maximum atomic E-state index is 13.1. The fraction of sp³-hybridized carbons (Fsp3) is 0.238. The summed E-state index contributed by atoms with van der Waals surface area (Å²) in [6, 6.07) is 10.8. The van der Waals surface area contributed by atoms with Gasteiger partial charge in [0.2, 0.25) is 0 Å². The fourth-order valence-electron chi connectivity index (χ4n) is 3.95. The molecule has 1 unspecified atom stereocenters. The van der Waals surface area contributed by atoms with E-state index < -0.39 is 0 Å². The number of carbonyl (C=O) groups excluding carboxylic acids is 1. The Morgan fingerprint density at radius 3 is 3.00 bits per heavy atom. The number of imidazole rings is 1. The molecule has 146 valence electrons. The van der Waals surface area contributed by atoms with Gasteiger partial charge in [-0.25, -0.2) is 9.67 Å². The summed E-state index contributed by atoms with van der Waals surface area (Å²) in [5.74, 6) is 0.616. The van der Waals surface area contributed by atoms with Gasteiger partial charge in [0.15, 0.2) is 5.82 Å². The molecule has 5 rings (SSSR count). The Labute approximate surface area is 166 Å². The number of H-pyrrole nitrogens is 1. The van der Waals surface area contributed by atoms with E-state index in [0.717, 1.165) is 23.7 Å². The lowest BCUT2D eigenvalue weighted by Crippen LogP contribution is -2.40. The van der Waals surface area contributed by atoms with E-state index in [0.29, 0.717) is 24.5 Å². The average molecular weight is 388 g/mol. The molecule has 1 aromatic carbocycles. The van der Waals surface area contributed by atoms with Gasteiger partial charge in [-0.2, -0.15) is 5.10 Å². The number of carbonyl (C=O) groups is 1. The average Bonchev–Trinajstić information content (AvgIpc) is 3.50. The Kier molecular flexibility index (Phi) is 4.23. The SMILES string of the molecule is O=C(c1ccc2[nH]ccc2c1)N1CCCC1Cn1nc(-n2ccnc2)ccc1=O. The molecular formula is C21H20N6O2. The molecule has 8 heteroatoms. The van der Waals surface area contributed by atoms with E-state index in [1.165, 1.54) is 10.7 Å². The first-order valence-corrected chi connectivity index (χ1v) is 9.64. The Morgan fingerprint density at radius 1 is 1.21 bits per heavy atom. The number of hydrogen-bond acceptors (Lipinski definition) is 4. The third-order valence-corrected chi connectivity index (χ3v) is 5.44. The van der Waals surface area contributed by atoms with Crippen LogP contribution in [0.2, 0.25) is 0 Å². The molecule has 1 N–H and O–H groups in total. The largest absolute Gasteiger partial charge is 0.361 e. The highest BCUT2D eigenvalue weighted by Gasteiger charge is 2.30. The van der Waals surface area contributed by atoms with Crippen molar-refractivity contribution in [3.8, 4) is 5.82 Å². The molecule has 0 radical (unpaired) electrons. The van der Waals surface area contributed by atoms with E-state index in [-0.39, 0.29) is 17.5 Å². The molecule has 29 heavy (non-hydrogen) atoms. The van der Waals surface area contributed by atoms with Crippen LogP contribution in [0.25, 0.3) is 16.7 Å². The molecule has 3 aromatic heterocycles. The molecule has 8 nitrogen and oxygen atoms in total. The molecule has 0 spiro atoms. The van der Waals surface area contributed by atoms with Crippen molar-refractivity contribution in [2.24, 2.45) is 0 Å². The van der Waals surface area contributed by atoms with Crippen LogP contribution in [0.4, 0.5) is 0 Å². The summed E-state index contributed by atoms with van der Waals surface area (Å²) in [7, 11) is 0. The molecular weight excluding hydrogens is 368 g/mol. The minimum absolute atomic E-state index is 0.00517. The van der Waals surface area contributed by atoms with E-state index in [4.69, 9.17) is 0 Å². The number of fused-ring (bicyclic) bond motifs is 1. The van der Waals surface area contributed by atoms with E-state index in [1.54, 1.807) is 29.4 Å². The van der Waals surface area contributed by atoms with Gasteiger partial charge in [-0.05, 0) is 43.2 Å². The van der Waals surface area contributed by atoms with Crippen molar-refractivity contribution in [2.75, 3.05) is 6.54 Å². The lowest BCUT2D eigenvalue weighted by Gasteiger charge is -2.25. The van der Waals surface area contributed by atoms with Crippen molar-refractivity contribution in [2.45, 2.75) is 25.4 Å². The van der Waals surface area contributed by atoms with Crippen LogP contribution in [-0.4, -0.2) is 47.7 Å². The normalized spacial score (nSPS) is 16.6. The topological polar surface area (TPSA) is 88.8 Å². The molecule has 0 aliphatic carbocycles. The van der Waals surface area contributed by atoms with Crippen molar-refractivity contribution >= 4 is 16.8 Å². The van der Waals surface area contributed by atoms with Crippen LogP contribution in [0.5, 0.6) is 0 Å². The lowest BCUT2D eigenvalue weighted by atomic mass is 10.1. The molecule has 1 saturated heterocycles. The van der Waals surface area contributed by atoms with E-state index in [1.807, 2.05) is 35.4 Å². The Bertz CT molecular complexity index is 1220. The molecule has 1 aliphatic heterocycles. The summed E-state index contributed by atoms with van der Waals surface area (Å²) in [6.07, 6.45) is 8.71. The maximum Gasteiger partial charge on any atom is 0.266 e. The van der Waals surface area contributed by atoms with Gasteiger partial charge >= 0.3 is 0 Å². The summed E-state index contributed by atoms with van der Waals surface area (Å²) in [6.45, 7) is 1.06. The first kappa shape index (κ1) is 17.4. The van der Waals surface area contributed by atoms with Crippen molar-refractivity contribution in [1.82, 2.24) is 29.2 Å². The molecule has 0 saturated carbocycles. The van der Waals surface area contributed by atoms with Crippen LogP contribution in [-0.2, 0) is 6.54 Å². The summed E-state index contributed by atoms with van der Waals surface area (Å²) in [5.41, 5.74) is 1.49. The highest BCUT2D eigenvalue weighted by atomic mass is 16.2. The number of likely N-dealkylation sites (tertiary alicyclic amines) is 1. The van der Waals surface area contributed by atoms with Gasteiger partial charge < -0.3 is 9.88 Å². The predicted octanol–water partition coefficient (Wildman–Crippen LogP) is 2.22. The third-order valence-electron chi connectivity index (χ3n) is 5.44. The molecule has 4 heterocycles. The molecule has 4 aromatic rings. The zero-order valence-electron chi connectivity index (χ0n) is 15.7. The number of benzene rings is 1. The zero-order chi connectivity index (χ0) is 19.8. The molecule has 1 fully saturated rings. The smallest absolute Gasteiger partial charge is 0.266 e. The molecule has 1 amide bonds. The Morgan fingerprint density at radius 2 is 2.14 bits per heavy atom. The second-order valence-electron chi connectivity index (χ2n) is 7.26. The van der Waals surface area contributed by atoms with Crippen molar-refractivity contribution in [1.29, 1.82) is 0 Å². The van der Waals surface area contributed by atoms with Crippen LogP contribution in [0.3, 0.4) is 0 Å². The van der Waals surface area contributed by atoms with Gasteiger partial charge in [-0.3, -0.25) is 14.2 Å². The van der Waals surface area contributed by atoms with Gasteiger partial charge in [0.05, 0.1) is 12.6 Å². The Balaban J connectivity index is 1.40. The van der Waals surface area contributed by atoms with Crippen LogP contribution in [0, 0.1) is 0 Å². The van der Waals surface area contributed by atoms with Gasteiger partial charge in [0.1, 0.15) is 6.33 Å². The highest BCUT2D eigenvalue weighted by Crippen LogP contribution is 2.23. The number of aromatic amines is 1. The maximum absolute atomic E-state index is 13.1. The number of aromatic nitrogens is 5. The second-order valence-corrected chi connectivity index (χ2v) is 7.26. The first-order valence-electron chi connectivity index (χ1n) is 9.64. The van der Waals surface area contributed by atoms with Gasteiger partial charge in [-0.15, -0.1) is 0 Å². The van der Waals surface area contributed by atoms with Crippen molar-refractivity contribution in [3.63, 3.8) is 0 Å². The van der Waals surface area contributed by atoms with Gasteiger partial charge in [-0.1, -0.05) is 0 Å². The summed E-state index contributed by atoms with van der Waals surface area (Å²) in [5, 5.41) is 5.48. The molecule has 1 atom stereocenters. The standard InChI is InChI=1S/C21H20N6O2/c28-20-6-5-19(25-11-9-22-14-25)24-27(20)13-17-2-1-10-26(17)21(29)16-3-4-18-15(12-16)7-8-23-18/h3-9,11-12,14,17,23H,1-2,10,13H2. The summed E-state index contributed by atoms with van der Waals surface area (Å²) >= 11 is 0. The number of nitrogens with one attached hydrogen (secondary N) is 1. The van der Waals surface area contributed by atoms with E-state index >= 15 is 0 Å². The van der Waals surface area contributed by atoms with E-state index in [9.17, 15) is 9.59 Å². The fourth-order valence-corrected chi connectivity index (χ4v) is 3.95. The molecule has 0 bridgehead atoms. The number of amides is 1. The summed E-state index contributed by atoms with van der Waals surface area (Å²) in [4.78, 5) is 34.5. The van der Waals surface area contributed by atoms with Crippen LogP contribution < -0.4 is 5.56 Å². The van der Waals surface area contributed by atoms with Gasteiger partial charge in [0, 0.05) is 47.7 Å². The van der Waals surface area contributed by atoms with Crippen molar-refractivity contribution < 1.29 is 4.79 Å². The van der Waals surface area contributed by atoms with Crippen LogP contribution in [0.1, 0.15) is 23.2 Å². The first-order chi connectivity index (χ1) is 14.2. The predicted molar refractivity (Wildman–Crippen MR) is 108 cm³/mol. The molecule has 1 aliphatic rings. The summed E-state index contributed by atoms with van der Waals surface area (Å²) < 4.78 is 3.19. The second kappa shape index (κ2) is 7.05. The highest BCUT2D eigenvalue weighted by molar-refractivity contribution is 5.98. The number of nitrogens with zero attached hydrogens (tertiary/aromatic N) is 5. The van der Waals surface area contributed by atoms with Crippen LogP contribution in [0.15, 0.2) is 66.1 Å².